The van der Waals surface area contributed by atoms with E-state index in [1.807, 2.05) is 7.05 Å². The van der Waals surface area contributed by atoms with E-state index in [1.165, 1.54) is 12.1 Å². The molecule has 0 amide bonds. The summed E-state index contributed by atoms with van der Waals surface area (Å²) >= 11 is 0. The lowest BCUT2D eigenvalue weighted by atomic mass is 9.99. The van der Waals surface area contributed by atoms with Crippen molar-refractivity contribution in [2.45, 2.75) is 12.1 Å². The SMILES string of the molecule is CNC(c1ccc(F)cc1F)C1CN(C)CCO1. The van der Waals surface area contributed by atoms with Gasteiger partial charge < -0.3 is 15.0 Å². The van der Waals surface area contributed by atoms with Gasteiger partial charge in [-0.05, 0) is 20.2 Å². The molecule has 0 saturated carbocycles. The molecule has 1 aliphatic heterocycles. The number of morpholine rings is 1. The van der Waals surface area contributed by atoms with Crippen LogP contribution in [0.5, 0.6) is 0 Å². The number of nitrogens with one attached hydrogen (secondary N) is 1. The second-order valence-corrected chi connectivity index (χ2v) is 4.60. The quantitative estimate of drug-likeness (QED) is 0.888. The maximum atomic E-state index is 13.8. The van der Waals surface area contributed by atoms with Crippen LogP contribution in [0.15, 0.2) is 18.2 Å². The summed E-state index contributed by atoms with van der Waals surface area (Å²) in [5.41, 5.74) is 0.444. The molecule has 0 bridgehead atoms. The van der Waals surface area contributed by atoms with E-state index < -0.39 is 11.6 Å². The molecule has 100 valence electrons. The fourth-order valence-electron chi connectivity index (χ4n) is 2.31. The van der Waals surface area contributed by atoms with Crippen molar-refractivity contribution in [1.29, 1.82) is 0 Å². The van der Waals surface area contributed by atoms with Crippen LogP contribution >= 0.6 is 0 Å². The summed E-state index contributed by atoms with van der Waals surface area (Å²) in [7, 11) is 3.76. The highest BCUT2D eigenvalue weighted by Crippen LogP contribution is 2.24. The number of benzene rings is 1. The highest BCUT2D eigenvalue weighted by Gasteiger charge is 2.28. The predicted octanol–water partition coefficient (Wildman–Crippen LogP) is 1.56. The molecule has 1 aromatic carbocycles. The summed E-state index contributed by atoms with van der Waals surface area (Å²) in [6.07, 6.45) is -0.131. The number of hydrogen-bond donors (Lipinski definition) is 1. The minimum Gasteiger partial charge on any atom is -0.374 e. The molecule has 1 N–H and O–H groups in total. The Balaban J connectivity index is 2.21. The molecule has 0 radical (unpaired) electrons. The molecular weight excluding hydrogens is 238 g/mol. The zero-order valence-corrected chi connectivity index (χ0v) is 10.6. The van der Waals surface area contributed by atoms with Crippen LogP contribution in [0.4, 0.5) is 8.78 Å². The minimum atomic E-state index is -0.562. The van der Waals surface area contributed by atoms with Crippen LogP contribution in [-0.4, -0.2) is 44.8 Å². The first-order valence-corrected chi connectivity index (χ1v) is 6.04. The standard InChI is InChI=1S/C13H18F2N2O/c1-16-13(12-8-17(2)5-6-18-12)10-4-3-9(14)7-11(10)15/h3-4,7,12-13,16H,5-6,8H2,1-2H3. The third kappa shape index (κ3) is 2.85. The smallest absolute Gasteiger partial charge is 0.130 e. The first-order valence-electron chi connectivity index (χ1n) is 6.04. The maximum Gasteiger partial charge on any atom is 0.130 e. The van der Waals surface area contributed by atoms with Crippen molar-refractivity contribution < 1.29 is 13.5 Å². The van der Waals surface area contributed by atoms with Crippen molar-refractivity contribution in [3.63, 3.8) is 0 Å². The fourth-order valence-corrected chi connectivity index (χ4v) is 2.31. The lowest BCUT2D eigenvalue weighted by Crippen LogP contribution is -2.46. The van der Waals surface area contributed by atoms with Gasteiger partial charge in [0, 0.05) is 24.7 Å². The number of likely N-dealkylation sites (N-methyl/N-ethyl adjacent to an activating group) is 2. The molecule has 3 nitrogen and oxygen atoms in total. The third-order valence-electron chi connectivity index (χ3n) is 3.28. The Morgan fingerprint density at radius 3 is 2.83 bits per heavy atom. The highest BCUT2D eigenvalue weighted by atomic mass is 19.1. The Hall–Kier alpha value is -1.04. The van der Waals surface area contributed by atoms with Crippen molar-refractivity contribution in [1.82, 2.24) is 10.2 Å². The van der Waals surface area contributed by atoms with E-state index in [0.29, 0.717) is 12.2 Å². The molecule has 5 heteroatoms. The highest BCUT2D eigenvalue weighted by molar-refractivity contribution is 5.23. The third-order valence-corrected chi connectivity index (χ3v) is 3.28. The summed E-state index contributed by atoms with van der Waals surface area (Å²) in [6, 6.07) is 3.39. The fraction of sp³-hybridized carbons (Fsp3) is 0.538. The van der Waals surface area contributed by atoms with E-state index >= 15 is 0 Å². The van der Waals surface area contributed by atoms with Gasteiger partial charge in [-0.1, -0.05) is 6.07 Å². The van der Waals surface area contributed by atoms with Gasteiger partial charge >= 0.3 is 0 Å². The molecule has 0 aromatic heterocycles. The van der Waals surface area contributed by atoms with Gasteiger partial charge in [-0.15, -0.1) is 0 Å². The summed E-state index contributed by atoms with van der Waals surface area (Å²) in [6.45, 7) is 2.23. The Morgan fingerprint density at radius 1 is 1.44 bits per heavy atom. The van der Waals surface area contributed by atoms with Crippen LogP contribution in [0.2, 0.25) is 0 Å². The molecule has 1 aliphatic rings. The number of halogens is 2. The van der Waals surface area contributed by atoms with Gasteiger partial charge in [0.05, 0.1) is 18.8 Å². The number of ether oxygens (including phenoxy) is 1. The van der Waals surface area contributed by atoms with Gasteiger partial charge in [-0.2, -0.15) is 0 Å². The Morgan fingerprint density at radius 2 is 2.22 bits per heavy atom. The molecule has 1 fully saturated rings. The molecule has 2 rings (SSSR count). The summed E-state index contributed by atoms with van der Waals surface area (Å²) in [5.74, 6) is -1.10. The van der Waals surface area contributed by atoms with Crippen LogP contribution in [0.1, 0.15) is 11.6 Å². The summed E-state index contributed by atoms with van der Waals surface area (Å²) < 4.78 is 32.4. The average Bonchev–Trinajstić information content (AvgIpc) is 2.33. The molecular formula is C13H18F2N2O. The zero-order valence-electron chi connectivity index (χ0n) is 10.6. The molecule has 2 unspecified atom stereocenters. The van der Waals surface area contributed by atoms with Gasteiger partial charge in [-0.3, -0.25) is 0 Å². The molecule has 1 saturated heterocycles. The first-order chi connectivity index (χ1) is 8.61. The van der Waals surface area contributed by atoms with Gasteiger partial charge in [0.15, 0.2) is 0 Å². The average molecular weight is 256 g/mol. The van der Waals surface area contributed by atoms with Crippen molar-refractivity contribution >= 4 is 0 Å². The second kappa shape index (κ2) is 5.73. The van der Waals surface area contributed by atoms with E-state index in [0.717, 1.165) is 19.2 Å². The molecule has 1 heterocycles. The topological polar surface area (TPSA) is 24.5 Å². The predicted molar refractivity (Wildman–Crippen MR) is 65.4 cm³/mol. The molecule has 2 atom stereocenters. The van der Waals surface area contributed by atoms with Crippen molar-refractivity contribution in [2.24, 2.45) is 0 Å². The lowest BCUT2D eigenvalue weighted by molar-refractivity contribution is -0.0385. The van der Waals surface area contributed by atoms with E-state index in [-0.39, 0.29) is 12.1 Å². The summed E-state index contributed by atoms with van der Waals surface area (Å²) in [4.78, 5) is 2.14. The summed E-state index contributed by atoms with van der Waals surface area (Å²) in [5, 5.41) is 3.05. The number of rotatable bonds is 3. The largest absolute Gasteiger partial charge is 0.374 e. The van der Waals surface area contributed by atoms with Crippen LogP contribution in [-0.2, 0) is 4.74 Å². The van der Waals surface area contributed by atoms with Gasteiger partial charge in [0.2, 0.25) is 0 Å². The molecule has 1 aromatic rings. The normalized spacial score (nSPS) is 23.0. The van der Waals surface area contributed by atoms with E-state index in [2.05, 4.69) is 10.2 Å². The van der Waals surface area contributed by atoms with E-state index in [1.54, 1.807) is 7.05 Å². The lowest BCUT2D eigenvalue weighted by Gasteiger charge is -2.35. The minimum absolute atomic E-state index is 0.131. The first kappa shape index (κ1) is 13.4. The van der Waals surface area contributed by atoms with Crippen LogP contribution in [0.3, 0.4) is 0 Å². The molecule has 0 aliphatic carbocycles. The van der Waals surface area contributed by atoms with Crippen LogP contribution in [0.25, 0.3) is 0 Å². The zero-order chi connectivity index (χ0) is 13.1. The van der Waals surface area contributed by atoms with E-state index in [9.17, 15) is 8.78 Å². The van der Waals surface area contributed by atoms with Gasteiger partial charge in [-0.25, -0.2) is 8.78 Å². The van der Waals surface area contributed by atoms with Crippen LogP contribution < -0.4 is 5.32 Å². The monoisotopic (exact) mass is 256 g/mol. The second-order valence-electron chi connectivity index (χ2n) is 4.60. The number of hydrogen-bond acceptors (Lipinski definition) is 3. The number of nitrogens with zero attached hydrogens (tertiary/aromatic N) is 1. The van der Waals surface area contributed by atoms with Crippen molar-refractivity contribution in [3.05, 3.63) is 35.4 Å². The molecule has 18 heavy (non-hydrogen) atoms. The Kier molecular flexibility index (Phi) is 4.27. The Labute approximate surface area is 106 Å². The van der Waals surface area contributed by atoms with E-state index in [4.69, 9.17) is 4.74 Å². The Bertz CT molecular complexity index is 414. The van der Waals surface area contributed by atoms with Gasteiger partial charge in [0.1, 0.15) is 11.6 Å². The molecule has 0 spiro atoms. The van der Waals surface area contributed by atoms with Crippen LogP contribution in [0, 0.1) is 11.6 Å². The van der Waals surface area contributed by atoms with Crippen molar-refractivity contribution in [3.8, 4) is 0 Å². The van der Waals surface area contributed by atoms with Gasteiger partial charge in [0.25, 0.3) is 0 Å². The van der Waals surface area contributed by atoms with Crippen molar-refractivity contribution in [2.75, 3.05) is 33.8 Å². The maximum absolute atomic E-state index is 13.8.